The first-order valence-electron chi connectivity index (χ1n) is 6.23. The number of hydrogen-bond donors (Lipinski definition) is 2. The van der Waals surface area contributed by atoms with Gasteiger partial charge in [0.15, 0.2) is 11.5 Å². The maximum absolute atomic E-state index is 5.75. The van der Waals surface area contributed by atoms with Gasteiger partial charge in [0.2, 0.25) is 0 Å². The van der Waals surface area contributed by atoms with Crippen LogP contribution in [0.1, 0.15) is 17.2 Å². The van der Waals surface area contributed by atoms with Crippen molar-refractivity contribution in [2.75, 3.05) is 14.2 Å². The van der Waals surface area contributed by atoms with Crippen molar-refractivity contribution in [2.45, 2.75) is 6.04 Å². The minimum absolute atomic E-state index is 0.154. The average molecular weight is 416 g/mol. The predicted molar refractivity (Wildman–Crippen MR) is 90.6 cm³/mol. The van der Waals surface area contributed by atoms with Gasteiger partial charge >= 0.3 is 0 Å². The number of methoxy groups -OCH3 is 2. The van der Waals surface area contributed by atoms with Crippen molar-refractivity contribution in [2.24, 2.45) is 5.84 Å². The van der Waals surface area contributed by atoms with E-state index in [0.717, 1.165) is 20.1 Å². The summed E-state index contributed by atoms with van der Waals surface area (Å²) in [5.41, 5.74) is 4.86. The molecule has 6 heteroatoms. The predicted octanol–water partition coefficient (Wildman–Crippen LogP) is 3.78. The van der Waals surface area contributed by atoms with Crippen molar-refractivity contribution in [3.8, 4) is 11.5 Å². The SMILES string of the molecule is COc1ccc(C(NN)c2cc(Br)cc(Br)c2)cc1OC. The highest BCUT2D eigenvalue weighted by atomic mass is 79.9. The first-order chi connectivity index (χ1) is 10.1. The molecule has 1 unspecified atom stereocenters. The minimum atomic E-state index is -0.154. The van der Waals surface area contributed by atoms with E-state index in [1.54, 1.807) is 14.2 Å². The Morgan fingerprint density at radius 3 is 2.05 bits per heavy atom. The van der Waals surface area contributed by atoms with E-state index in [0.29, 0.717) is 11.5 Å². The average Bonchev–Trinajstić information content (AvgIpc) is 2.46. The number of rotatable bonds is 5. The van der Waals surface area contributed by atoms with Crippen LogP contribution in [0, 0.1) is 0 Å². The standard InChI is InChI=1S/C15H16Br2N2O2/c1-20-13-4-3-9(7-14(13)21-2)15(19-18)10-5-11(16)8-12(17)6-10/h3-8,15,19H,18H2,1-2H3. The van der Waals surface area contributed by atoms with E-state index in [1.807, 2.05) is 36.4 Å². The molecule has 0 aliphatic rings. The number of nitrogens with two attached hydrogens (primary N) is 1. The molecule has 0 spiro atoms. The van der Waals surface area contributed by atoms with Crippen LogP contribution < -0.4 is 20.7 Å². The number of ether oxygens (including phenoxy) is 2. The van der Waals surface area contributed by atoms with Crippen LogP contribution in [0.3, 0.4) is 0 Å². The van der Waals surface area contributed by atoms with Crippen molar-refractivity contribution in [3.63, 3.8) is 0 Å². The number of halogens is 2. The molecule has 0 radical (unpaired) electrons. The third-order valence-electron chi connectivity index (χ3n) is 3.13. The fourth-order valence-corrected chi connectivity index (χ4v) is 3.49. The molecule has 2 aromatic carbocycles. The second-order valence-corrected chi connectivity index (χ2v) is 6.25. The molecule has 2 aromatic rings. The molecule has 0 saturated carbocycles. The zero-order valence-electron chi connectivity index (χ0n) is 11.7. The Balaban J connectivity index is 2.45. The van der Waals surface area contributed by atoms with Gasteiger partial charge in [-0.05, 0) is 41.5 Å². The second-order valence-electron chi connectivity index (χ2n) is 4.42. The fourth-order valence-electron chi connectivity index (χ4n) is 2.16. The summed E-state index contributed by atoms with van der Waals surface area (Å²) in [4.78, 5) is 0. The minimum Gasteiger partial charge on any atom is -0.493 e. The number of hydrazine groups is 1. The van der Waals surface area contributed by atoms with E-state index >= 15 is 0 Å². The van der Waals surface area contributed by atoms with Gasteiger partial charge < -0.3 is 9.47 Å². The van der Waals surface area contributed by atoms with Gasteiger partial charge in [0.25, 0.3) is 0 Å². The molecule has 0 heterocycles. The molecule has 1 atom stereocenters. The molecule has 112 valence electrons. The lowest BCUT2D eigenvalue weighted by Gasteiger charge is -2.19. The zero-order chi connectivity index (χ0) is 15.4. The molecule has 21 heavy (non-hydrogen) atoms. The van der Waals surface area contributed by atoms with E-state index in [4.69, 9.17) is 15.3 Å². The van der Waals surface area contributed by atoms with Crippen LogP contribution in [0.4, 0.5) is 0 Å². The Morgan fingerprint density at radius 2 is 1.52 bits per heavy atom. The Kier molecular flexibility index (Phi) is 5.64. The van der Waals surface area contributed by atoms with Crippen molar-refractivity contribution >= 4 is 31.9 Å². The maximum Gasteiger partial charge on any atom is 0.161 e. The van der Waals surface area contributed by atoms with Gasteiger partial charge in [-0.25, -0.2) is 5.43 Å². The second kappa shape index (κ2) is 7.26. The van der Waals surface area contributed by atoms with E-state index in [1.165, 1.54) is 0 Å². The Labute approximate surface area is 140 Å². The highest BCUT2D eigenvalue weighted by molar-refractivity contribution is 9.11. The van der Waals surface area contributed by atoms with Crippen LogP contribution in [0.5, 0.6) is 11.5 Å². The van der Waals surface area contributed by atoms with Gasteiger partial charge in [-0.3, -0.25) is 5.84 Å². The lowest BCUT2D eigenvalue weighted by Crippen LogP contribution is -2.28. The number of benzene rings is 2. The molecule has 0 bridgehead atoms. The first-order valence-corrected chi connectivity index (χ1v) is 7.81. The molecule has 3 N–H and O–H groups in total. The molecule has 0 aromatic heterocycles. The quantitative estimate of drug-likeness (QED) is 0.576. The van der Waals surface area contributed by atoms with Gasteiger partial charge in [0, 0.05) is 8.95 Å². The molecule has 0 aliphatic carbocycles. The van der Waals surface area contributed by atoms with Crippen LogP contribution in [-0.2, 0) is 0 Å². The van der Waals surface area contributed by atoms with Crippen LogP contribution >= 0.6 is 31.9 Å². The van der Waals surface area contributed by atoms with Gasteiger partial charge in [0.05, 0.1) is 20.3 Å². The number of hydrogen-bond acceptors (Lipinski definition) is 4. The maximum atomic E-state index is 5.75. The third-order valence-corrected chi connectivity index (χ3v) is 4.04. The lowest BCUT2D eigenvalue weighted by atomic mass is 9.99. The van der Waals surface area contributed by atoms with Crippen LogP contribution in [0.15, 0.2) is 45.3 Å². The molecule has 4 nitrogen and oxygen atoms in total. The van der Waals surface area contributed by atoms with E-state index in [-0.39, 0.29) is 6.04 Å². The Morgan fingerprint density at radius 1 is 0.905 bits per heavy atom. The van der Waals surface area contributed by atoms with Crippen molar-refractivity contribution in [3.05, 3.63) is 56.5 Å². The summed E-state index contributed by atoms with van der Waals surface area (Å²) in [7, 11) is 3.23. The largest absolute Gasteiger partial charge is 0.493 e. The van der Waals surface area contributed by atoms with E-state index in [9.17, 15) is 0 Å². The first kappa shape index (κ1) is 16.3. The van der Waals surface area contributed by atoms with Crippen molar-refractivity contribution in [1.82, 2.24) is 5.43 Å². The fraction of sp³-hybridized carbons (Fsp3) is 0.200. The van der Waals surface area contributed by atoms with E-state index < -0.39 is 0 Å². The van der Waals surface area contributed by atoms with Crippen LogP contribution in [0.2, 0.25) is 0 Å². The van der Waals surface area contributed by atoms with Gasteiger partial charge in [-0.2, -0.15) is 0 Å². The van der Waals surface area contributed by atoms with Crippen molar-refractivity contribution in [1.29, 1.82) is 0 Å². The van der Waals surface area contributed by atoms with Crippen LogP contribution in [-0.4, -0.2) is 14.2 Å². The zero-order valence-corrected chi connectivity index (χ0v) is 14.9. The lowest BCUT2D eigenvalue weighted by molar-refractivity contribution is 0.354. The smallest absolute Gasteiger partial charge is 0.161 e. The summed E-state index contributed by atoms with van der Waals surface area (Å²) in [6, 6.07) is 11.6. The highest BCUT2D eigenvalue weighted by Gasteiger charge is 2.16. The molecule has 0 amide bonds. The number of nitrogens with one attached hydrogen (secondary N) is 1. The molecule has 0 fully saturated rings. The van der Waals surface area contributed by atoms with Crippen LogP contribution in [0.25, 0.3) is 0 Å². The topological polar surface area (TPSA) is 56.5 Å². The Hall–Kier alpha value is -1.08. The summed E-state index contributed by atoms with van der Waals surface area (Å²) in [6.45, 7) is 0. The monoisotopic (exact) mass is 414 g/mol. The summed E-state index contributed by atoms with van der Waals surface area (Å²) in [5.74, 6) is 7.10. The molecule has 2 rings (SSSR count). The van der Waals surface area contributed by atoms with Gasteiger partial charge in [-0.1, -0.05) is 37.9 Å². The normalized spacial score (nSPS) is 12.0. The molecular formula is C15H16Br2N2O2. The van der Waals surface area contributed by atoms with E-state index in [2.05, 4.69) is 37.3 Å². The van der Waals surface area contributed by atoms with Gasteiger partial charge in [-0.15, -0.1) is 0 Å². The summed E-state index contributed by atoms with van der Waals surface area (Å²) in [5, 5.41) is 0. The third kappa shape index (κ3) is 3.77. The highest BCUT2D eigenvalue weighted by Crippen LogP contribution is 2.33. The summed E-state index contributed by atoms with van der Waals surface area (Å²) in [6.07, 6.45) is 0. The summed E-state index contributed by atoms with van der Waals surface area (Å²) >= 11 is 6.98. The molecule has 0 saturated heterocycles. The van der Waals surface area contributed by atoms with Crippen molar-refractivity contribution < 1.29 is 9.47 Å². The molecule has 0 aliphatic heterocycles. The van der Waals surface area contributed by atoms with Gasteiger partial charge in [0.1, 0.15) is 0 Å². The Bertz CT molecular complexity index is 615. The summed E-state index contributed by atoms with van der Waals surface area (Å²) < 4.78 is 12.6. The molecular weight excluding hydrogens is 400 g/mol.